The zero-order valence-corrected chi connectivity index (χ0v) is 7.28. The summed E-state index contributed by atoms with van der Waals surface area (Å²) in [6.45, 7) is -0.407. The van der Waals surface area contributed by atoms with Crippen molar-refractivity contribution >= 4 is 5.69 Å². The van der Waals surface area contributed by atoms with Gasteiger partial charge < -0.3 is 5.73 Å². The molecule has 0 saturated carbocycles. The van der Waals surface area contributed by atoms with E-state index in [1.807, 2.05) is 0 Å². The molecule has 1 heterocycles. The molecule has 1 aromatic rings. The Bertz CT molecular complexity index is 397. The molecule has 8 heteroatoms. The van der Waals surface area contributed by atoms with Gasteiger partial charge in [-0.1, -0.05) is 0 Å². The summed E-state index contributed by atoms with van der Waals surface area (Å²) in [4.78, 5) is 12.2. The second-order valence-corrected chi connectivity index (χ2v) is 2.60. The second-order valence-electron chi connectivity index (χ2n) is 2.60. The Morgan fingerprint density at radius 2 is 2.20 bits per heavy atom. The highest BCUT2D eigenvalue weighted by molar-refractivity contribution is 5.44. The van der Waals surface area contributed by atoms with Crippen LogP contribution in [0.5, 0.6) is 0 Å². The molecule has 0 aliphatic heterocycles. The molecule has 0 atom stereocenters. The summed E-state index contributed by atoms with van der Waals surface area (Å²) in [6, 6.07) is 0.671. The van der Waals surface area contributed by atoms with Gasteiger partial charge in [0.2, 0.25) is 5.95 Å². The maximum absolute atomic E-state index is 12.7. The summed E-state index contributed by atoms with van der Waals surface area (Å²) in [7, 11) is 0. The number of hydrogen-bond acceptors (Lipinski definition) is 4. The van der Waals surface area contributed by atoms with Crippen molar-refractivity contribution in [2.45, 2.75) is 13.0 Å². The average Bonchev–Trinajstić information content (AvgIpc) is 2.15. The fourth-order valence-corrected chi connectivity index (χ4v) is 1.10. The van der Waals surface area contributed by atoms with Crippen molar-refractivity contribution < 1.29 is 18.1 Å². The lowest BCUT2D eigenvalue weighted by molar-refractivity contribution is -0.387. The molecule has 0 aliphatic rings. The van der Waals surface area contributed by atoms with Crippen LogP contribution in [0.2, 0.25) is 0 Å². The molecule has 0 fully saturated rings. The first kappa shape index (κ1) is 11.4. The number of nitrogens with two attached hydrogens (primary N) is 1. The van der Waals surface area contributed by atoms with Crippen molar-refractivity contribution in [2.75, 3.05) is 0 Å². The third-order valence-electron chi connectivity index (χ3n) is 1.68. The second kappa shape index (κ2) is 4.22. The van der Waals surface area contributed by atoms with Crippen LogP contribution in [0.3, 0.4) is 0 Å². The van der Waals surface area contributed by atoms with E-state index in [0.717, 1.165) is 0 Å². The van der Waals surface area contributed by atoms with Crippen LogP contribution in [0, 0.1) is 16.1 Å². The monoisotopic (exact) mass is 221 g/mol. The highest BCUT2D eigenvalue weighted by atomic mass is 19.3. The fraction of sp³-hybridized carbons (Fsp3) is 0.286. The topological polar surface area (TPSA) is 82.0 Å². The third-order valence-corrected chi connectivity index (χ3v) is 1.68. The van der Waals surface area contributed by atoms with Crippen LogP contribution in [0.4, 0.5) is 18.9 Å². The smallest absolute Gasteiger partial charge is 0.301 e. The molecule has 5 nitrogen and oxygen atoms in total. The van der Waals surface area contributed by atoms with Crippen LogP contribution >= 0.6 is 0 Å². The minimum Gasteiger partial charge on any atom is -0.326 e. The Morgan fingerprint density at radius 1 is 1.60 bits per heavy atom. The summed E-state index contributed by atoms with van der Waals surface area (Å²) in [5.41, 5.74) is 2.66. The van der Waals surface area contributed by atoms with E-state index >= 15 is 0 Å². The minimum atomic E-state index is -3.22. The van der Waals surface area contributed by atoms with Gasteiger partial charge in [-0.05, 0) is 0 Å². The number of alkyl halides is 2. The molecule has 2 N–H and O–H groups in total. The molecule has 0 amide bonds. The largest absolute Gasteiger partial charge is 0.326 e. The van der Waals surface area contributed by atoms with Crippen molar-refractivity contribution in [3.05, 3.63) is 33.4 Å². The standard InChI is InChI=1S/C7H6F3N3O2/c8-4-1-3(2-11)6(13(14)15)5(12-4)7(9)10/h1,7H,2,11H2. The Kier molecular flexibility index (Phi) is 3.20. The zero-order chi connectivity index (χ0) is 11.6. The first-order valence-electron chi connectivity index (χ1n) is 3.79. The van der Waals surface area contributed by atoms with Crippen molar-refractivity contribution in [3.63, 3.8) is 0 Å². The van der Waals surface area contributed by atoms with E-state index in [0.29, 0.717) is 6.07 Å². The van der Waals surface area contributed by atoms with E-state index in [1.54, 1.807) is 0 Å². The van der Waals surface area contributed by atoms with Gasteiger partial charge in [-0.2, -0.15) is 4.39 Å². The van der Waals surface area contributed by atoms with Crippen LogP contribution in [0.15, 0.2) is 6.07 Å². The summed E-state index contributed by atoms with van der Waals surface area (Å²) in [5, 5.41) is 10.5. The van der Waals surface area contributed by atoms with E-state index in [2.05, 4.69) is 4.98 Å². The van der Waals surface area contributed by atoms with E-state index in [-0.39, 0.29) is 5.56 Å². The molecule has 0 radical (unpaired) electrons. The van der Waals surface area contributed by atoms with Gasteiger partial charge in [-0.15, -0.1) is 0 Å². The van der Waals surface area contributed by atoms with Crippen molar-refractivity contribution in [1.29, 1.82) is 0 Å². The van der Waals surface area contributed by atoms with E-state index in [9.17, 15) is 23.3 Å². The highest BCUT2D eigenvalue weighted by Crippen LogP contribution is 2.30. The number of hydrogen-bond donors (Lipinski definition) is 1. The van der Waals surface area contributed by atoms with E-state index in [4.69, 9.17) is 5.73 Å². The van der Waals surface area contributed by atoms with Gasteiger partial charge in [0.05, 0.1) is 10.5 Å². The quantitative estimate of drug-likeness (QED) is 0.476. The Hall–Kier alpha value is -1.70. The minimum absolute atomic E-state index is 0.303. The van der Waals surface area contributed by atoms with Gasteiger partial charge in [-0.3, -0.25) is 10.1 Å². The van der Waals surface area contributed by atoms with Crippen LogP contribution in [0.25, 0.3) is 0 Å². The predicted octanol–water partition coefficient (Wildman–Crippen LogP) is 1.53. The third kappa shape index (κ3) is 2.21. The molecule has 0 aromatic carbocycles. The summed E-state index contributed by atoms with van der Waals surface area (Å²) < 4.78 is 37.3. The predicted molar refractivity (Wildman–Crippen MR) is 43.7 cm³/mol. The van der Waals surface area contributed by atoms with Crippen LogP contribution in [-0.4, -0.2) is 9.91 Å². The lowest BCUT2D eigenvalue weighted by Gasteiger charge is -2.04. The molecular weight excluding hydrogens is 215 g/mol. The molecule has 0 unspecified atom stereocenters. The van der Waals surface area contributed by atoms with Crippen LogP contribution < -0.4 is 5.73 Å². The maximum Gasteiger partial charge on any atom is 0.301 e. The SMILES string of the molecule is NCc1cc(F)nc(C(F)F)c1[N+](=O)[O-]. The normalized spacial score (nSPS) is 10.7. The molecule has 1 rings (SSSR count). The summed E-state index contributed by atoms with van der Waals surface area (Å²) >= 11 is 0. The molecule has 0 bridgehead atoms. The fourth-order valence-electron chi connectivity index (χ4n) is 1.10. The Labute approximate surface area is 81.9 Å². The molecule has 82 valence electrons. The molecular formula is C7H6F3N3O2. The number of pyridine rings is 1. The average molecular weight is 221 g/mol. The number of aromatic nitrogens is 1. The number of halogens is 3. The Morgan fingerprint density at radius 3 is 2.60 bits per heavy atom. The van der Waals surface area contributed by atoms with Gasteiger partial charge >= 0.3 is 5.69 Å². The summed E-state index contributed by atoms with van der Waals surface area (Å²) in [5.74, 6) is -1.21. The van der Waals surface area contributed by atoms with Crippen molar-refractivity contribution in [2.24, 2.45) is 5.73 Å². The number of nitro groups is 1. The molecule has 0 spiro atoms. The van der Waals surface area contributed by atoms with E-state index < -0.39 is 35.2 Å². The number of rotatable bonds is 3. The number of nitrogens with zero attached hydrogens (tertiary/aromatic N) is 2. The first-order chi connectivity index (χ1) is 6.97. The van der Waals surface area contributed by atoms with E-state index in [1.165, 1.54) is 0 Å². The van der Waals surface area contributed by atoms with Gasteiger partial charge in [-0.25, -0.2) is 13.8 Å². The van der Waals surface area contributed by atoms with Gasteiger partial charge in [0.1, 0.15) is 0 Å². The summed E-state index contributed by atoms with van der Waals surface area (Å²) in [6.07, 6.45) is -3.22. The molecule has 0 saturated heterocycles. The lowest BCUT2D eigenvalue weighted by atomic mass is 10.2. The van der Waals surface area contributed by atoms with Crippen LogP contribution in [0.1, 0.15) is 17.7 Å². The maximum atomic E-state index is 12.7. The van der Waals surface area contributed by atoms with Crippen LogP contribution in [-0.2, 0) is 6.54 Å². The molecule has 1 aromatic heterocycles. The van der Waals surface area contributed by atoms with Crippen molar-refractivity contribution in [1.82, 2.24) is 4.98 Å². The molecule has 0 aliphatic carbocycles. The zero-order valence-electron chi connectivity index (χ0n) is 7.28. The Balaban J connectivity index is 3.47. The van der Waals surface area contributed by atoms with Gasteiger partial charge in [0.25, 0.3) is 6.43 Å². The van der Waals surface area contributed by atoms with Gasteiger partial charge in [0.15, 0.2) is 5.69 Å². The first-order valence-corrected chi connectivity index (χ1v) is 3.79. The lowest BCUT2D eigenvalue weighted by Crippen LogP contribution is -2.08. The van der Waals surface area contributed by atoms with Crippen molar-refractivity contribution in [3.8, 4) is 0 Å². The molecule has 15 heavy (non-hydrogen) atoms. The highest BCUT2D eigenvalue weighted by Gasteiger charge is 2.28. The van der Waals surface area contributed by atoms with Gasteiger partial charge in [0, 0.05) is 12.6 Å².